The number of sulfonamides is 1. The zero-order chi connectivity index (χ0) is 17.9. The molecule has 2 rings (SSSR count). The molecular weight excluding hydrogens is 350 g/mol. The molecule has 0 spiro atoms. The molecule has 0 fully saturated rings. The smallest absolute Gasteiger partial charge is 0.338 e. The first-order valence-electron chi connectivity index (χ1n) is 7.21. The van der Waals surface area contributed by atoms with E-state index in [9.17, 15) is 13.2 Å². The molecule has 7 heteroatoms. The van der Waals surface area contributed by atoms with Crippen LogP contribution in [0.2, 0.25) is 5.02 Å². The lowest BCUT2D eigenvalue weighted by atomic mass is 10.1. The van der Waals surface area contributed by atoms with Gasteiger partial charge in [0.2, 0.25) is 10.0 Å². The van der Waals surface area contributed by atoms with Crippen LogP contribution in [0.4, 0.5) is 0 Å². The van der Waals surface area contributed by atoms with Crippen LogP contribution in [-0.4, -0.2) is 32.8 Å². The molecule has 0 heterocycles. The first-order valence-corrected chi connectivity index (χ1v) is 9.03. The van der Waals surface area contributed by atoms with Crippen LogP contribution in [0.5, 0.6) is 0 Å². The van der Waals surface area contributed by atoms with Crippen LogP contribution in [-0.2, 0) is 14.8 Å². The van der Waals surface area contributed by atoms with Gasteiger partial charge in [-0.3, -0.25) is 0 Å². The minimum atomic E-state index is -3.53. The molecule has 0 saturated carbocycles. The normalized spacial score (nSPS) is 12.9. The second kappa shape index (κ2) is 7.34. The van der Waals surface area contributed by atoms with Crippen molar-refractivity contribution in [3.05, 3.63) is 64.7 Å². The SMILES string of the molecule is CC(OC(=O)c1ccc(S(=O)(=O)N(C)C)cc1)c1ccccc1Cl. The topological polar surface area (TPSA) is 63.7 Å². The summed E-state index contributed by atoms with van der Waals surface area (Å²) >= 11 is 6.09. The Bertz CT molecular complexity index is 832. The van der Waals surface area contributed by atoms with Crippen LogP contribution in [0.25, 0.3) is 0 Å². The van der Waals surface area contributed by atoms with Crippen molar-refractivity contribution in [3.63, 3.8) is 0 Å². The van der Waals surface area contributed by atoms with E-state index in [1.54, 1.807) is 25.1 Å². The minimum Gasteiger partial charge on any atom is -0.454 e. The van der Waals surface area contributed by atoms with E-state index in [1.165, 1.54) is 38.4 Å². The fourth-order valence-electron chi connectivity index (χ4n) is 2.07. The summed E-state index contributed by atoms with van der Waals surface area (Å²) in [7, 11) is -0.633. The summed E-state index contributed by atoms with van der Waals surface area (Å²) in [4.78, 5) is 12.3. The van der Waals surface area contributed by atoms with Crippen molar-refractivity contribution in [2.75, 3.05) is 14.1 Å². The Kier molecular flexibility index (Phi) is 5.64. The van der Waals surface area contributed by atoms with Crippen LogP contribution in [0, 0.1) is 0 Å². The van der Waals surface area contributed by atoms with E-state index >= 15 is 0 Å². The van der Waals surface area contributed by atoms with Crippen molar-refractivity contribution in [1.29, 1.82) is 0 Å². The summed E-state index contributed by atoms with van der Waals surface area (Å²) < 4.78 is 30.5. The molecule has 0 aliphatic rings. The van der Waals surface area contributed by atoms with Gasteiger partial charge >= 0.3 is 5.97 Å². The third-order valence-electron chi connectivity index (χ3n) is 3.50. The van der Waals surface area contributed by atoms with Crippen molar-refractivity contribution < 1.29 is 17.9 Å². The van der Waals surface area contributed by atoms with E-state index in [4.69, 9.17) is 16.3 Å². The molecule has 2 aromatic carbocycles. The van der Waals surface area contributed by atoms with Gasteiger partial charge in [-0.05, 0) is 37.3 Å². The van der Waals surface area contributed by atoms with Crippen molar-refractivity contribution >= 4 is 27.6 Å². The number of carbonyl (C=O) groups excluding carboxylic acids is 1. The Morgan fingerprint density at radius 2 is 1.67 bits per heavy atom. The lowest BCUT2D eigenvalue weighted by Crippen LogP contribution is -2.22. The van der Waals surface area contributed by atoms with Gasteiger partial charge in [0.25, 0.3) is 0 Å². The third kappa shape index (κ3) is 3.95. The van der Waals surface area contributed by atoms with Crippen LogP contribution in [0.15, 0.2) is 53.4 Å². The number of esters is 1. The molecule has 1 unspecified atom stereocenters. The van der Waals surface area contributed by atoms with E-state index < -0.39 is 22.1 Å². The largest absolute Gasteiger partial charge is 0.454 e. The Morgan fingerprint density at radius 3 is 2.21 bits per heavy atom. The van der Waals surface area contributed by atoms with Gasteiger partial charge in [-0.25, -0.2) is 17.5 Å². The number of hydrogen-bond donors (Lipinski definition) is 0. The fourth-order valence-corrected chi connectivity index (χ4v) is 3.26. The molecule has 0 aliphatic heterocycles. The molecule has 0 N–H and O–H groups in total. The maximum Gasteiger partial charge on any atom is 0.338 e. The maximum absolute atomic E-state index is 12.2. The van der Waals surface area contributed by atoms with Crippen molar-refractivity contribution in [2.45, 2.75) is 17.9 Å². The van der Waals surface area contributed by atoms with Gasteiger partial charge in [-0.1, -0.05) is 29.8 Å². The Balaban J connectivity index is 2.15. The van der Waals surface area contributed by atoms with E-state index in [0.717, 1.165) is 4.31 Å². The number of nitrogens with zero attached hydrogens (tertiary/aromatic N) is 1. The Morgan fingerprint density at radius 1 is 1.08 bits per heavy atom. The molecule has 0 saturated heterocycles. The summed E-state index contributed by atoms with van der Waals surface area (Å²) in [6, 6.07) is 12.7. The molecular formula is C17H18ClNO4S. The van der Waals surface area contributed by atoms with Gasteiger partial charge in [-0.2, -0.15) is 0 Å². The summed E-state index contributed by atoms with van der Waals surface area (Å²) in [5, 5.41) is 0.519. The summed E-state index contributed by atoms with van der Waals surface area (Å²) in [6.45, 7) is 1.73. The van der Waals surface area contributed by atoms with Gasteiger partial charge < -0.3 is 4.74 Å². The Hall–Kier alpha value is -1.89. The van der Waals surface area contributed by atoms with Gasteiger partial charge in [-0.15, -0.1) is 0 Å². The minimum absolute atomic E-state index is 0.114. The van der Waals surface area contributed by atoms with E-state index in [1.807, 2.05) is 6.07 Å². The fraction of sp³-hybridized carbons (Fsp3) is 0.235. The van der Waals surface area contributed by atoms with Crippen LogP contribution in [0.3, 0.4) is 0 Å². The highest BCUT2D eigenvalue weighted by Crippen LogP contribution is 2.26. The van der Waals surface area contributed by atoms with Gasteiger partial charge in [0.1, 0.15) is 6.10 Å². The molecule has 24 heavy (non-hydrogen) atoms. The number of benzene rings is 2. The summed E-state index contributed by atoms with van der Waals surface area (Å²) in [6.07, 6.45) is -0.517. The van der Waals surface area contributed by atoms with E-state index in [2.05, 4.69) is 0 Å². The first kappa shape index (κ1) is 18.4. The average molecular weight is 368 g/mol. The molecule has 0 bridgehead atoms. The van der Waals surface area contributed by atoms with Crippen molar-refractivity contribution in [2.24, 2.45) is 0 Å². The zero-order valence-electron chi connectivity index (χ0n) is 13.6. The third-order valence-corrected chi connectivity index (χ3v) is 5.67. The molecule has 1 atom stereocenters. The standard InChI is InChI=1S/C17H18ClNO4S/c1-12(15-6-4-5-7-16(15)18)23-17(20)13-8-10-14(11-9-13)24(21,22)19(2)3/h4-12H,1-3H3. The van der Waals surface area contributed by atoms with Crippen molar-refractivity contribution in [1.82, 2.24) is 4.31 Å². The van der Waals surface area contributed by atoms with Gasteiger partial charge in [0.05, 0.1) is 10.5 Å². The van der Waals surface area contributed by atoms with Crippen LogP contribution >= 0.6 is 11.6 Å². The maximum atomic E-state index is 12.2. The molecule has 2 aromatic rings. The number of carbonyl (C=O) groups is 1. The highest BCUT2D eigenvalue weighted by molar-refractivity contribution is 7.89. The summed E-state index contributed by atoms with van der Waals surface area (Å²) in [5.74, 6) is -0.545. The molecule has 5 nitrogen and oxygen atoms in total. The number of hydrogen-bond acceptors (Lipinski definition) is 4. The second-order valence-electron chi connectivity index (χ2n) is 5.38. The quantitative estimate of drug-likeness (QED) is 0.758. The van der Waals surface area contributed by atoms with Crippen molar-refractivity contribution in [3.8, 4) is 0 Å². The number of ether oxygens (including phenoxy) is 1. The molecule has 0 aliphatic carbocycles. The highest BCUT2D eigenvalue weighted by Gasteiger charge is 2.19. The first-order chi connectivity index (χ1) is 11.2. The van der Waals surface area contributed by atoms with Crippen LogP contribution < -0.4 is 0 Å². The number of halogens is 1. The highest BCUT2D eigenvalue weighted by atomic mass is 35.5. The Labute approximate surface area is 146 Å². The zero-order valence-corrected chi connectivity index (χ0v) is 15.1. The predicted octanol–water partition coefficient (Wildman–Crippen LogP) is 3.51. The van der Waals surface area contributed by atoms with E-state index in [-0.39, 0.29) is 10.5 Å². The molecule has 0 amide bonds. The van der Waals surface area contributed by atoms with Crippen LogP contribution in [0.1, 0.15) is 28.9 Å². The lowest BCUT2D eigenvalue weighted by Gasteiger charge is -2.15. The second-order valence-corrected chi connectivity index (χ2v) is 7.94. The monoisotopic (exact) mass is 367 g/mol. The van der Waals surface area contributed by atoms with Gasteiger partial charge in [0, 0.05) is 24.7 Å². The van der Waals surface area contributed by atoms with Gasteiger partial charge in [0.15, 0.2) is 0 Å². The predicted molar refractivity (Wildman–Crippen MR) is 92.6 cm³/mol. The lowest BCUT2D eigenvalue weighted by molar-refractivity contribution is 0.0338. The summed E-state index contributed by atoms with van der Waals surface area (Å²) in [5.41, 5.74) is 0.978. The van der Waals surface area contributed by atoms with E-state index in [0.29, 0.717) is 10.6 Å². The molecule has 0 aromatic heterocycles. The molecule has 0 radical (unpaired) electrons. The average Bonchev–Trinajstić information content (AvgIpc) is 2.55. The molecule has 128 valence electrons. The number of rotatable bonds is 5.